The van der Waals surface area contributed by atoms with Crippen molar-refractivity contribution in [2.45, 2.75) is 13.0 Å². The van der Waals surface area contributed by atoms with Crippen molar-refractivity contribution in [1.29, 1.82) is 0 Å². The van der Waals surface area contributed by atoms with Crippen LogP contribution in [-0.2, 0) is 17.8 Å². The van der Waals surface area contributed by atoms with Gasteiger partial charge in [-0.15, -0.1) is 0 Å². The van der Waals surface area contributed by atoms with Gasteiger partial charge in [0.2, 0.25) is 5.91 Å². The standard InChI is InChI=1S/C20H16ClN3O2/c21-15-7-8-17-16(11-15)20-18(2-1-9-22-20)24(17)12-14-5-3-13(4-6-14)10-19(25)23-26/h1-9,11,26H,10,12H2,(H,23,25). The molecule has 0 spiro atoms. The molecule has 6 heteroatoms. The van der Waals surface area contributed by atoms with Crippen LogP contribution < -0.4 is 5.48 Å². The molecule has 0 bridgehead atoms. The van der Waals surface area contributed by atoms with Crippen LogP contribution in [0.4, 0.5) is 0 Å². The van der Waals surface area contributed by atoms with Crippen molar-refractivity contribution in [2.75, 3.05) is 0 Å². The van der Waals surface area contributed by atoms with Crippen LogP contribution in [0.1, 0.15) is 11.1 Å². The maximum atomic E-state index is 11.3. The second-order valence-electron chi connectivity index (χ2n) is 6.15. The highest BCUT2D eigenvalue weighted by atomic mass is 35.5. The van der Waals surface area contributed by atoms with Gasteiger partial charge in [0.1, 0.15) is 0 Å². The van der Waals surface area contributed by atoms with Gasteiger partial charge in [-0.2, -0.15) is 0 Å². The van der Waals surface area contributed by atoms with Crippen LogP contribution >= 0.6 is 11.6 Å². The van der Waals surface area contributed by atoms with Crippen molar-refractivity contribution >= 4 is 39.4 Å². The maximum absolute atomic E-state index is 11.3. The van der Waals surface area contributed by atoms with Gasteiger partial charge in [-0.25, -0.2) is 5.48 Å². The van der Waals surface area contributed by atoms with Crippen LogP contribution in [-0.4, -0.2) is 20.7 Å². The van der Waals surface area contributed by atoms with Crippen LogP contribution in [0.5, 0.6) is 0 Å². The smallest absolute Gasteiger partial charge is 0.247 e. The third kappa shape index (κ3) is 3.03. The highest BCUT2D eigenvalue weighted by molar-refractivity contribution is 6.31. The Labute approximate surface area is 154 Å². The molecule has 0 atom stereocenters. The minimum absolute atomic E-state index is 0.147. The molecule has 2 aromatic carbocycles. The summed E-state index contributed by atoms with van der Waals surface area (Å²) in [6.45, 7) is 0.680. The molecular weight excluding hydrogens is 350 g/mol. The third-order valence-electron chi connectivity index (χ3n) is 4.43. The Kier molecular flexibility index (Phi) is 4.32. The van der Waals surface area contributed by atoms with E-state index < -0.39 is 5.91 Å². The molecule has 4 aromatic rings. The Morgan fingerprint density at radius 2 is 1.85 bits per heavy atom. The molecule has 0 saturated heterocycles. The average Bonchev–Trinajstić information content (AvgIpc) is 2.96. The fourth-order valence-corrected chi connectivity index (χ4v) is 3.40. The van der Waals surface area contributed by atoms with Crippen LogP contribution in [0.2, 0.25) is 5.02 Å². The molecule has 0 fully saturated rings. The highest BCUT2D eigenvalue weighted by Gasteiger charge is 2.12. The topological polar surface area (TPSA) is 67.2 Å². The molecule has 4 rings (SSSR count). The van der Waals surface area contributed by atoms with E-state index in [9.17, 15) is 4.79 Å². The molecule has 2 N–H and O–H groups in total. The van der Waals surface area contributed by atoms with Gasteiger partial charge in [0.15, 0.2) is 0 Å². The summed E-state index contributed by atoms with van der Waals surface area (Å²) in [5.74, 6) is -0.428. The number of nitrogens with one attached hydrogen (secondary N) is 1. The monoisotopic (exact) mass is 365 g/mol. The lowest BCUT2D eigenvalue weighted by Crippen LogP contribution is -2.20. The summed E-state index contributed by atoms with van der Waals surface area (Å²) in [6, 6.07) is 17.6. The van der Waals surface area contributed by atoms with Gasteiger partial charge >= 0.3 is 0 Å². The lowest BCUT2D eigenvalue weighted by Gasteiger charge is -2.08. The second-order valence-corrected chi connectivity index (χ2v) is 6.58. The predicted molar refractivity (Wildman–Crippen MR) is 101 cm³/mol. The summed E-state index contributed by atoms with van der Waals surface area (Å²) in [5, 5.41) is 10.3. The number of pyridine rings is 1. The summed E-state index contributed by atoms with van der Waals surface area (Å²) < 4.78 is 2.21. The number of hydroxylamine groups is 1. The third-order valence-corrected chi connectivity index (χ3v) is 4.67. The number of halogens is 1. The molecule has 0 unspecified atom stereocenters. The van der Waals surface area contributed by atoms with Crippen molar-refractivity contribution in [2.24, 2.45) is 0 Å². The molecule has 2 heterocycles. The molecule has 2 aromatic heterocycles. The number of hydrogen-bond donors (Lipinski definition) is 2. The summed E-state index contributed by atoms with van der Waals surface area (Å²) in [5.41, 5.74) is 6.66. The Morgan fingerprint density at radius 3 is 2.62 bits per heavy atom. The van der Waals surface area contributed by atoms with E-state index in [1.54, 1.807) is 11.7 Å². The van der Waals surface area contributed by atoms with Crippen molar-refractivity contribution in [3.8, 4) is 0 Å². The van der Waals surface area contributed by atoms with E-state index in [1.807, 2.05) is 48.5 Å². The summed E-state index contributed by atoms with van der Waals surface area (Å²) in [4.78, 5) is 15.8. The molecule has 26 heavy (non-hydrogen) atoms. The Bertz CT molecular complexity index is 1100. The summed E-state index contributed by atoms with van der Waals surface area (Å²) >= 11 is 6.17. The van der Waals surface area contributed by atoms with Gasteiger partial charge in [-0.05, 0) is 41.5 Å². The predicted octanol–water partition coefficient (Wildman–Crippen LogP) is 3.94. The maximum Gasteiger partial charge on any atom is 0.247 e. The lowest BCUT2D eigenvalue weighted by atomic mass is 10.1. The number of aromatic nitrogens is 2. The van der Waals surface area contributed by atoms with Crippen LogP contribution in [0, 0.1) is 0 Å². The van der Waals surface area contributed by atoms with Gasteiger partial charge in [-0.3, -0.25) is 15.0 Å². The van der Waals surface area contributed by atoms with Gasteiger partial charge < -0.3 is 4.57 Å². The minimum atomic E-state index is -0.428. The first-order valence-corrected chi connectivity index (χ1v) is 8.57. The lowest BCUT2D eigenvalue weighted by molar-refractivity contribution is -0.128. The quantitative estimate of drug-likeness (QED) is 0.425. The summed E-state index contributed by atoms with van der Waals surface area (Å²) in [7, 11) is 0. The fraction of sp³-hybridized carbons (Fsp3) is 0.100. The number of fused-ring (bicyclic) bond motifs is 3. The molecule has 0 aliphatic heterocycles. The zero-order valence-electron chi connectivity index (χ0n) is 13.8. The van der Waals surface area contributed by atoms with Crippen molar-refractivity contribution in [1.82, 2.24) is 15.0 Å². The SMILES string of the molecule is O=C(Cc1ccc(Cn2c3ccc(Cl)cc3c3ncccc32)cc1)NO. The van der Waals surface area contributed by atoms with Crippen molar-refractivity contribution in [3.63, 3.8) is 0 Å². The Balaban J connectivity index is 1.73. The number of amides is 1. The average molecular weight is 366 g/mol. The van der Waals surface area contributed by atoms with Crippen LogP contribution in [0.15, 0.2) is 60.8 Å². The number of carbonyl (C=O) groups is 1. The molecule has 0 radical (unpaired) electrons. The van der Waals surface area contributed by atoms with Crippen molar-refractivity contribution in [3.05, 3.63) is 76.9 Å². The first kappa shape index (κ1) is 16.6. The van der Waals surface area contributed by atoms with E-state index in [1.165, 1.54) is 0 Å². The molecule has 0 aliphatic carbocycles. The number of hydrogen-bond acceptors (Lipinski definition) is 3. The van der Waals surface area contributed by atoms with Gasteiger partial charge in [0.25, 0.3) is 0 Å². The van der Waals surface area contributed by atoms with Gasteiger partial charge in [-0.1, -0.05) is 35.9 Å². The van der Waals surface area contributed by atoms with E-state index in [2.05, 4.69) is 15.6 Å². The molecule has 130 valence electrons. The van der Waals surface area contributed by atoms with Crippen LogP contribution in [0.3, 0.4) is 0 Å². The van der Waals surface area contributed by atoms with Crippen molar-refractivity contribution < 1.29 is 10.0 Å². The molecule has 0 saturated carbocycles. The van der Waals surface area contributed by atoms with E-state index in [0.717, 1.165) is 33.1 Å². The minimum Gasteiger partial charge on any atom is -0.335 e. The van der Waals surface area contributed by atoms with Crippen LogP contribution in [0.25, 0.3) is 21.9 Å². The molecule has 5 nitrogen and oxygen atoms in total. The van der Waals surface area contributed by atoms with Gasteiger partial charge in [0.05, 0.1) is 23.0 Å². The number of rotatable bonds is 4. The largest absolute Gasteiger partial charge is 0.335 e. The van der Waals surface area contributed by atoms with E-state index in [-0.39, 0.29) is 6.42 Å². The zero-order valence-corrected chi connectivity index (χ0v) is 14.6. The zero-order chi connectivity index (χ0) is 18.1. The Morgan fingerprint density at radius 1 is 1.08 bits per heavy atom. The van der Waals surface area contributed by atoms with E-state index >= 15 is 0 Å². The van der Waals surface area contributed by atoms with E-state index in [0.29, 0.717) is 11.6 Å². The van der Waals surface area contributed by atoms with E-state index in [4.69, 9.17) is 16.8 Å². The fourth-order valence-electron chi connectivity index (χ4n) is 3.23. The number of benzene rings is 2. The second kappa shape index (κ2) is 6.78. The molecular formula is C20H16ClN3O2. The normalized spacial score (nSPS) is 11.2. The number of nitrogens with zero attached hydrogens (tertiary/aromatic N) is 2. The first-order chi connectivity index (χ1) is 12.7. The molecule has 0 aliphatic rings. The number of carbonyl (C=O) groups excluding carboxylic acids is 1. The summed E-state index contributed by atoms with van der Waals surface area (Å²) in [6.07, 6.45) is 1.93. The highest BCUT2D eigenvalue weighted by Crippen LogP contribution is 2.30. The van der Waals surface area contributed by atoms with Gasteiger partial charge in [0, 0.05) is 23.2 Å². The Hall–Kier alpha value is -2.89. The first-order valence-electron chi connectivity index (χ1n) is 8.19. The molecule has 1 amide bonds.